The van der Waals surface area contributed by atoms with Gasteiger partial charge < -0.3 is 19.7 Å². The molecule has 0 aromatic carbocycles. The number of piperidine rings is 1. The molecule has 9 nitrogen and oxygen atoms in total. The fourth-order valence-corrected chi connectivity index (χ4v) is 4.30. The Morgan fingerprint density at radius 2 is 1.68 bits per heavy atom. The summed E-state index contributed by atoms with van der Waals surface area (Å²) in [5, 5.41) is 2.95. The Morgan fingerprint density at radius 3 is 2.16 bits per heavy atom. The van der Waals surface area contributed by atoms with Gasteiger partial charge in [-0.1, -0.05) is 40.7 Å². The van der Waals surface area contributed by atoms with Crippen molar-refractivity contribution in [2.75, 3.05) is 20.2 Å². The lowest BCUT2D eigenvalue weighted by atomic mass is 9.84. The maximum Gasteiger partial charge on any atom is 0.410 e. The van der Waals surface area contributed by atoms with Gasteiger partial charge in [-0.15, -0.1) is 0 Å². The molecule has 0 aromatic rings. The first kappa shape index (κ1) is 32.4. The zero-order valence-corrected chi connectivity index (χ0v) is 24.8. The number of hydrogen-bond donors (Lipinski definition) is 1. The highest BCUT2D eigenvalue weighted by molar-refractivity contribution is 5.92. The number of likely N-dealkylation sites (tertiary alicyclic amines) is 1. The Bertz CT molecular complexity index is 853. The van der Waals surface area contributed by atoms with Gasteiger partial charge in [-0.2, -0.15) is 0 Å². The van der Waals surface area contributed by atoms with E-state index in [-0.39, 0.29) is 30.4 Å². The molecule has 1 saturated heterocycles. The van der Waals surface area contributed by atoms with Crippen LogP contribution in [0.2, 0.25) is 0 Å². The molecule has 0 unspecified atom stereocenters. The van der Waals surface area contributed by atoms with Gasteiger partial charge in [0.1, 0.15) is 17.7 Å². The maximum atomic E-state index is 13.8. The molecule has 3 atom stereocenters. The van der Waals surface area contributed by atoms with Crippen molar-refractivity contribution in [1.82, 2.24) is 15.1 Å². The van der Waals surface area contributed by atoms with Crippen LogP contribution in [0.5, 0.6) is 0 Å². The number of carbonyl (C=O) groups excluding carboxylic acids is 4. The maximum absolute atomic E-state index is 13.8. The van der Waals surface area contributed by atoms with Crippen molar-refractivity contribution in [3.05, 3.63) is 11.6 Å². The zero-order valence-electron chi connectivity index (χ0n) is 24.8. The molecule has 0 saturated carbocycles. The van der Waals surface area contributed by atoms with Crippen LogP contribution in [0.25, 0.3) is 0 Å². The largest absolute Gasteiger partial charge is 0.463 e. The number of ether oxygens (including phenoxy) is 2. The van der Waals surface area contributed by atoms with Crippen molar-refractivity contribution in [3.63, 3.8) is 0 Å². The van der Waals surface area contributed by atoms with Crippen molar-refractivity contribution < 1.29 is 28.7 Å². The Labute approximate surface area is 223 Å². The second-order valence-electron chi connectivity index (χ2n) is 12.2. The van der Waals surface area contributed by atoms with E-state index in [4.69, 9.17) is 9.47 Å². The van der Waals surface area contributed by atoms with Crippen molar-refractivity contribution in [1.29, 1.82) is 0 Å². The van der Waals surface area contributed by atoms with E-state index in [1.807, 2.05) is 34.6 Å². The fourth-order valence-electron chi connectivity index (χ4n) is 4.30. The van der Waals surface area contributed by atoms with E-state index >= 15 is 0 Å². The van der Waals surface area contributed by atoms with Crippen LogP contribution in [0, 0.1) is 11.3 Å². The smallest absolute Gasteiger partial charge is 0.410 e. The van der Waals surface area contributed by atoms with Crippen molar-refractivity contribution in [2.45, 2.75) is 112 Å². The molecule has 0 bridgehead atoms. The van der Waals surface area contributed by atoms with Crippen LogP contribution in [-0.2, 0) is 23.9 Å². The lowest BCUT2D eigenvalue weighted by Crippen LogP contribution is -2.60. The zero-order chi connectivity index (χ0) is 28.7. The summed E-state index contributed by atoms with van der Waals surface area (Å²) in [7, 11) is 1.68. The molecule has 1 N–H and O–H groups in total. The highest BCUT2D eigenvalue weighted by atomic mass is 16.6. The molecule has 0 aromatic heterocycles. The molecule has 1 rings (SSSR count). The highest BCUT2D eigenvalue weighted by Gasteiger charge is 2.41. The van der Waals surface area contributed by atoms with Crippen molar-refractivity contribution in [3.8, 4) is 0 Å². The topological polar surface area (TPSA) is 105 Å². The minimum absolute atomic E-state index is 0.00986. The van der Waals surface area contributed by atoms with Crippen LogP contribution < -0.4 is 5.32 Å². The molecule has 1 aliphatic rings. The summed E-state index contributed by atoms with van der Waals surface area (Å²) < 4.78 is 10.6. The van der Waals surface area contributed by atoms with E-state index in [2.05, 4.69) is 5.32 Å². The average molecular weight is 524 g/mol. The third-order valence-electron chi connectivity index (χ3n) is 6.33. The molecule has 0 aliphatic carbocycles. The van der Waals surface area contributed by atoms with E-state index in [1.165, 1.54) is 4.90 Å². The van der Waals surface area contributed by atoms with Crippen LogP contribution in [-0.4, -0.2) is 77.6 Å². The summed E-state index contributed by atoms with van der Waals surface area (Å²) in [6.45, 7) is 19.1. The van der Waals surface area contributed by atoms with Gasteiger partial charge in [0.05, 0.1) is 12.6 Å². The van der Waals surface area contributed by atoms with E-state index < -0.39 is 35.2 Å². The third-order valence-corrected chi connectivity index (χ3v) is 6.33. The van der Waals surface area contributed by atoms with Crippen LogP contribution in [0.4, 0.5) is 4.79 Å². The summed E-state index contributed by atoms with van der Waals surface area (Å²) in [5.74, 6) is -1.05. The number of esters is 1. The van der Waals surface area contributed by atoms with Crippen LogP contribution in [0.1, 0.15) is 88.5 Å². The number of amides is 3. The molecule has 1 heterocycles. The van der Waals surface area contributed by atoms with Crippen molar-refractivity contribution >= 4 is 23.9 Å². The number of likely N-dealkylation sites (N-methyl/N-ethyl adjacent to an activating group) is 1. The van der Waals surface area contributed by atoms with Crippen LogP contribution in [0.15, 0.2) is 11.6 Å². The summed E-state index contributed by atoms with van der Waals surface area (Å²) in [4.78, 5) is 55.4. The number of nitrogens with one attached hydrogen (secondary N) is 1. The average Bonchev–Trinajstić information content (AvgIpc) is 2.77. The first-order valence-electron chi connectivity index (χ1n) is 13.3. The lowest BCUT2D eigenvalue weighted by molar-refractivity contribution is -0.142. The number of nitrogens with zero attached hydrogens (tertiary/aromatic N) is 2. The first-order valence-corrected chi connectivity index (χ1v) is 13.3. The van der Waals surface area contributed by atoms with E-state index in [0.29, 0.717) is 18.5 Å². The van der Waals surface area contributed by atoms with Crippen LogP contribution >= 0.6 is 0 Å². The van der Waals surface area contributed by atoms with Gasteiger partial charge in [0.15, 0.2) is 0 Å². The van der Waals surface area contributed by atoms with Gasteiger partial charge in [-0.25, -0.2) is 9.59 Å². The molecule has 212 valence electrons. The van der Waals surface area contributed by atoms with E-state index in [9.17, 15) is 19.2 Å². The molecule has 0 spiro atoms. The van der Waals surface area contributed by atoms with Crippen molar-refractivity contribution in [2.24, 2.45) is 11.3 Å². The minimum Gasteiger partial charge on any atom is -0.463 e. The molecule has 37 heavy (non-hydrogen) atoms. The standard InChI is InChI=1S/C28H49N3O6/c1-12-36-25(34)19(4)17-21(18(2)3)30(11)24(33)22(27(5,6)7)29-23(32)20-15-13-14-16-31(20)26(35)37-28(8,9)10/h17-18,20-22H,12-16H2,1-11H3,(H,29,32)/b19-17+/t20-,21-,22-/m1/s1. The summed E-state index contributed by atoms with van der Waals surface area (Å²) in [6.07, 6.45) is 3.31. The molecular formula is C28H49N3O6. The second-order valence-corrected chi connectivity index (χ2v) is 12.2. The fraction of sp³-hybridized carbons (Fsp3) is 0.786. The molecular weight excluding hydrogens is 474 g/mol. The normalized spacial score (nSPS) is 18.6. The predicted octanol–water partition coefficient (Wildman–Crippen LogP) is 4.30. The molecule has 9 heteroatoms. The Morgan fingerprint density at radius 1 is 1.08 bits per heavy atom. The Hall–Kier alpha value is -2.58. The minimum atomic E-state index is -0.843. The molecule has 1 fully saturated rings. The van der Waals surface area contributed by atoms with E-state index in [1.54, 1.807) is 52.6 Å². The van der Waals surface area contributed by atoms with Gasteiger partial charge in [-0.05, 0) is 65.2 Å². The Balaban J connectivity index is 3.20. The molecule has 1 aliphatic heterocycles. The summed E-state index contributed by atoms with van der Waals surface area (Å²) >= 11 is 0. The van der Waals surface area contributed by atoms with Gasteiger partial charge in [0, 0.05) is 19.2 Å². The quantitative estimate of drug-likeness (QED) is 0.376. The van der Waals surface area contributed by atoms with Gasteiger partial charge >= 0.3 is 12.1 Å². The Kier molecular flexibility index (Phi) is 11.7. The van der Waals surface area contributed by atoms with E-state index in [0.717, 1.165) is 12.8 Å². The summed E-state index contributed by atoms with van der Waals surface area (Å²) in [6, 6.07) is -1.94. The number of hydrogen-bond acceptors (Lipinski definition) is 6. The highest BCUT2D eigenvalue weighted by Crippen LogP contribution is 2.26. The first-order chi connectivity index (χ1) is 16.9. The number of rotatable bonds is 8. The van der Waals surface area contributed by atoms with Gasteiger partial charge in [-0.3, -0.25) is 14.5 Å². The SMILES string of the molecule is CCOC(=O)/C(C)=C/[C@H](C(C)C)N(C)C(=O)[C@@H](NC(=O)[C@H]1CCCCN1C(=O)OC(C)(C)C)C(C)(C)C. The predicted molar refractivity (Wildman–Crippen MR) is 144 cm³/mol. The molecule has 3 amide bonds. The second kappa shape index (κ2) is 13.3. The number of carbonyl (C=O) groups is 4. The molecule has 0 radical (unpaired) electrons. The van der Waals surface area contributed by atoms with Gasteiger partial charge in [0.25, 0.3) is 0 Å². The van der Waals surface area contributed by atoms with Crippen LogP contribution in [0.3, 0.4) is 0 Å². The lowest BCUT2D eigenvalue weighted by Gasteiger charge is -2.40. The monoisotopic (exact) mass is 523 g/mol. The van der Waals surface area contributed by atoms with Gasteiger partial charge in [0.2, 0.25) is 11.8 Å². The third kappa shape index (κ3) is 9.67. The summed E-state index contributed by atoms with van der Waals surface area (Å²) in [5.41, 5.74) is -0.858.